The standard InChI is InChI=1S/C18H10N2O4/c21-19(22)14-5-1-3-11-7-9-13-10-8-12-4-2-6-15(20(23)24)17(12)18(13)16(11)14/h1-10H. The lowest BCUT2D eigenvalue weighted by Crippen LogP contribution is -1.93. The first-order valence-electron chi connectivity index (χ1n) is 7.24. The molecule has 0 heterocycles. The summed E-state index contributed by atoms with van der Waals surface area (Å²) in [5.41, 5.74) is -0.104. The zero-order valence-corrected chi connectivity index (χ0v) is 12.3. The minimum absolute atomic E-state index is 0.0521. The fraction of sp³-hybridized carbons (Fsp3) is 0. The quantitative estimate of drug-likeness (QED) is 0.297. The van der Waals surface area contributed by atoms with Crippen LogP contribution in [0.2, 0.25) is 0 Å². The van der Waals surface area contributed by atoms with Crippen LogP contribution in [0.5, 0.6) is 0 Å². The van der Waals surface area contributed by atoms with Crippen molar-refractivity contribution < 1.29 is 9.85 Å². The average Bonchev–Trinajstić information content (AvgIpc) is 2.59. The molecule has 24 heavy (non-hydrogen) atoms. The van der Waals surface area contributed by atoms with Crippen molar-refractivity contribution in [2.45, 2.75) is 0 Å². The molecular weight excluding hydrogens is 308 g/mol. The maximum Gasteiger partial charge on any atom is 0.277 e. The van der Waals surface area contributed by atoms with E-state index in [0.717, 1.165) is 5.39 Å². The van der Waals surface area contributed by atoms with E-state index in [9.17, 15) is 20.2 Å². The molecule has 4 aromatic carbocycles. The van der Waals surface area contributed by atoms with Gasteiger partial charge in [-0.25, -0.2) is 0 Å². The number of hydrogen-bond donors (Lipinski definition) is 0. The number of non-ortho nitro benzene ring substituents is 2. The number of hydrogen-bond acceptors (Lipinski definition) is 4. The Kier molecular flexibility index (Phi) is 2.93. The van der Waals surface area contributed by atoms with Gasteiger partial charge in [0.05, 0.1) is 20.6 Å². The second kappa shape index (κ2) is 4.99. The predicted molar refractivity (Wildman–Crippen MR) is 92.3 cm³/mol. The van der Waals surface area contributed by atoms with Crippen LogP contribution in [0.3, 0.4) is 0 Å². The van der Waals surface area contributed by atoms with Gasteiger partial charge in [0, 0.05) is 17.5 Å². The van der Waals surface area contributed by atoms with E-state index in [-0.39, 0.29) is 11.4 Å². The fourth-order valence-corrected chi connectivity index (χ4v) is 3.24. The van der Waals surface area contributed by atoms with Gasteiger partial charge in [-0.2, -0.15) is 0 Å². The number of nitro groups is 2. The minimum Gasteiger partial charge on any atom is -0.258 e. The molecule has 0 aliphatic heterocycles. The SMILES string of the molecule is O=[N+]([O-])c1cccc2ccc3ccc4cccc([N+](=O)[O-])c4c3c12. The van der Waals surface area contributed by atoms with Crippen molar-refractivity contribution in [1.82, 2.24) is 0 Å². The Balaban J connectivity index is 2.39. The Labute approximate surface area is 135 Å². The van der Waals surface area contributed by atoms with Gasteiger partial charge < -0.3 is 0 Å². The number of nitro benzene ring substituents is 2. The molecule has 4 aromatic rings. The van der Waals surface area contributed by atoms with Gasteiger partial charge in [-0.3, -0.25) is 20.2 Å². The molecular formula is C18H10N2O4. The van der Waals surface area contributed by atoms with Crippen molar-refractivity contribution in [1.29, 1.82) is 0 Å². The summed E-state index contributed by atoms with van der Waals surface area (Å²) in [4.78, 5) is 22.1. The van der Waals surface area contributed by atoms with Gasteiger partial charge in [-0.1, -0.05) is 48.5 Å². The van der Waals surface area contributed by atoms with E-state index < -0.39 is 9.85 Å². The lowest BCUT2D eigenvalue weighted by Gasteiger charge is -2.09. The van der Waals surface area contributed by atoms with Crippen LogP contribution in [0.1, 0.15) is 0 Å². The zero-order valence-electron chi connectivity index (χ0n) is 12.3. The molecule has 0 spiro atoms. The third-order valence-corrected chi connectivity index (χ3v) is 4.22. The molecule has 0 saturated carbocycles. The molecule has 6 heteroatoms. The van der Waals surface area contributed by atoms with E-state index in [4.69, 9.17) is 0 Å². The predicted octanol–water partition coefficient (Wildman–Crippen LogP) is 4.96. The maximum atomic E-state index is 11.5. The van der Waals surface area contributed by atoms with Crippen molar-refractivity contribution in [3.8, 4) is 0 Å². The smallest absolute Gasteiger partial charge is 0.258 e. The van der Waals surface area contributed by atoms with E-state index in [2.05, 4.69) is 0 Å². The maximum absolute atomic E-state index is 11.5. The Morgan fingerprint density at radius 3 is 1.29 bits per heavy atom. The van der Waals surface area contributed by atoms with E-state index in [1.165, 1.54) is 12.1 Å². The molecule has 0 amide bonds. The van der Waals surface area contributed by atoms with Crippen molar-refractivity contribution in [2.24, 2.45) is 0 Å². The third kappa shape index (κ3) is 1.90. The molecule has 0 aliphatic carbocycles. The topological polar surface area (TPSA) is 86.3 Å². The minimum atomic E-state index is -0.449. The van der Waals surface area contributed by atoms with Crippen LogP contribution < -0.4 is 0 Å². The van der Waals surface area contributed by atoms with E-state index in [1.54, 1.807) is 36.4 Å². The highest BCUT2D eigenvalue weighted by atomic mass is 16.6. The number of fused-ring (bicyclic) bond motifs is 5. The summed E-state index contributed by atoms with van der Waals surface area (Å²) in [5, 5.41) is 26.5. The molecule has 0 N–H and O–H groups in total. The van der Waals surface area contributed by atoms with Crippen LogP contribution in [0, 0.1) is 20.2 Å². The zero-order chi connectivity index (χ0) is 16.8. The van der Waals surface area contributed by atoms with Gasteiger partial charge >= 0.3 is 0 Å². The van der Waals surface area contributed by atoms with Crippen LogP contribution in [-0.2, 0) is 0 Å². The average molecular weight is 318 g/mol. The normalized spacial score (nSPS) is 11.2. The molecule has 0 saturated heterocycles. The Bertz CT molecular complexity index is 1080. The summed E-state index contributed by atoms with van der Waals surface area (Å²) < 4.78 is 0. The lowest BCUT2D eigenvalue weighted by molar-refractivity contribution is -0.383. The molecule has 0 bridgehead atoms. The highest BCUT2D eigenvalue weighted by molar-refractivity contribution is 6.24. The van der Waals surface area contributed by atoms with Gasteiger partial charge in [0.1, 0.15) is 0 Å². The molecule has 116 valence electrons. The molecule has 0 aliphatic rings. The van der Waals surface area contributed by atoms with E-state index in [0.29, 0.717) is 26.9 Å². The van der Waals surface area contributed by atoms with E-state index >= 15 is 0 Å². The highest BCUT2D eigenvalue weighted by Crippen LogP contribution is 2.40. The number of rotatable bonds is 2. The third-order valence-electron chi connectivity index (χ3n) is 4.22. The second-order valence-electron chi connectivity index (χ2n) is 5.49. The van der Waals surface area contributed by atoms with Crippen LogP contribution in [0.25, 0.3) is 32.3 Å². The molecule has 6 nitrogen and oxygen atoms in total. The van der Waals surface area contributed by atoms with Crippen LogP contribution in [0.4, 0.5) is 11.4 Å². The lowest BCUT2D eigenvalue weighted by atomic mass is 9.94. The van der Waals surface area contributed by atoms with E-state index in [1.807, 2.05) is 12.1 Å². The first-order valence-corrected chi connectivity index (χ1v) is 7.24. The van der Waals surface area contributed by atoms with Gasteiger partial charge in [-0.15, -0.1) is 0 Å². The molecule has 0 atom stereocenters. The van der Waals surface area contributed by atoms with Crippen LogP contribution in [-0.4, -0.2) is 9.85 Å². The summed E-state index contributed by atoms with van der Waals surface area (Å²) in [6, 6.07) is 16.9. The summed E-state index contributed by atoms with van der Waals surface area (Å²) in [5.74, 6) is 0. The van der Waals surface area contributed by atoms with Crippen molar-refractivity contribution in [3.05, 3.63) is 80.9 Å². The van der Waals surface area contributed by atoms with Crippen molar-refractivity contribution in [2.75, 3.05) is 0 Å². The monoisotopic (exact) mass is 318 g/mol. The van der Waals surface area contributed by atoms with Crippen LogP contribution in [0.15, 0.2) is 60.7 Å². The highest BCUT2D eigenvalue weighted by Gasteiger charge is 2.20. The fourth-order valence-electron chi connectivity index (χ4n) is 3.24. The summed E-state index contributed by atoms with van der Waals surface area (Å²) in [6.07, 6.45) is 0. The molecule has 4 rings (SSSR count). The van der Waals surface area contributed by atoms with Gasteiger partial charge in [0.2, 0.25) is 0 Å². The number of nitrogens with zero attached hydrogens (tertiary/aromatic N) is 2. The first-order chi connectivity index (χ1) is 11.6. The van der Waals surface area contributed by atoms with Gasteiger partial charge in [0.25, 0.3) is 11.4 Å². The Morgan fingerprint density at radius 1 is 0.542 bits per heavy atom. The molecule has 0 aromatic heterocycles. The van der Waals surface area contributed by atoms with Crippen molar-refractivity contribution >= 4 is 43.7 Å². The Hall–Kier alpha value is -3.54. The molecule has 0 fully saturated rings. The second-order valence-corrected chi connectivity index (χ2v) is 5.49. The summed E-state index contributed by atoms with van der Waals surface area (Å²) >= 11 is 0. The number of benzene rings is 4. The molecule has 0 unspecified atom stereocenters. The largest absolute Gasteiger partial charge is 0.277 e. The first kappa shape index (κ1) is 14.1. The Morgan fingerprint density at radius 2 is 0.917 bits per heavy atom. The van der Waals surface area contributed by atoms with Crippen LogP contribution >= 0.6 is 0 Å². The van der Waals surface area contributed by atoms with Gasteiger partial charge in [0.15, 0.2) is 0 Å². The summed E-state index contributed by atoms with van der Waals surface area (Å²) in [7, 11) is 0. The molecule has 0 radical (unpaired) electrons. The van der Waals surface area contributed by atoms with Crippen molar-refractivity contribution in [3.63, 3.8) is 0 Å². The summed E-state index contributed by atoms with van der Waals surface area (Å²) in [6.45, 7) is 0. The van der Waals surface area contributed by atoms with Gasteiger partial charge in [-0.05, 0) is 16.2 Å².